The molecule has 0 spiro atoms. The molecule has 9 heteroatoms. The van der Waals surface area contributed by atoms with Crippen molar-refractivity contribution in [1.29, 1.82) is 0 Å². The van der Waals surface area contributed by atoms with Crippen LogP contribution in [0.5, 0.6) is 0 Å². The molecule has 0 bridgehead atoms. The Labute approximate surface area is 241 Å². The number of ether oxygens (including phenoxy) is 1. The van der Waals surface area contributed by atoms with E-state index in [0.29, 0.717) is 49.3 Å². The zero-order chi connectivity index (χ0) is 28.2. The molecule has 8 nitrogen and oxygen atoms in total. The second-order valence-electron chi connectivity index (χ2n) is 11.4. The van der Waals surface area contributed by atoms with Crippen LogP contribution in [0.4, 0.5) is 10.5 Å². The van der Waals surface area contributed by atoms with E-state index in [-0.39, 0.29) is 24.0 Å². The molecule has 2 unspecified atom stereocenters. The summed E-state index contributed by atoms with van der Waals surface area (Å²) in [6.07, 6.45) is 1.53. The van der Waals surface area contributed by atoms with Gasteiger partial charge in [-0.25, -0.2) is 4.79 Å². The highest BCUT2D eigenvalue weighted by Gasteiger charge is 2.41. The molecule has 0 saturated carbocycles. The summed E-state index contributed by atoms with van der Waals surface area (Å²) in [5, 5.41) is 0.618. The van der Waals surface area contributed by atoms with Gasteiger partial charge in [0.25, 0.3) is 5.91 Å². The highest BCUT2D eigenvalue weighted by Crippen LogP contribution is 2.32. The summed E-state index contributed by atoms with van der Waals surface area (Å²) in [6.45, 7) is 9.67. The van der Waals surface area contributed by atoms with Crippen molar-refractivity contribution < 1.29 is 19.1 Å². The van der Waals surface area contributed by atoms with E-state index < -0.39 is 0 Å². The number of halogens is 1. The number of carbonyl (C=O) groups excluding carboxylic acids is 3. The topological polar surface area (TPSA) is 73.4 Å². The third-order valence-electron chi connectivity index (χ3n) is 8.57. The standard InChI is InChI=1S/C31H39ClN4O4/c1-22-9-10-27(17-29(22)32)36(31(39)40-28-11-15-34(16-12-28)23(2)37)14-6-13-33-18-25-20-35(21-26(25)19-33)30(38)24-7-4-3-5-8-24/h3-5,7-10,17,25-26,28H,6,11-16,18-21H2,1-2H3. The van der Waals surface area contributed by atoms with E-state index in [0.717, 1.165) is 56.0 Å². The maximum Gasteiger partial charge on any atom is 0.414 e. The molecule has 5 rings (SSSR count). The quantitative estimate of drug-likeness (QED) is 0.486. The molecular weight excluding hydrogens is 528 g/mol. The lowest BCUT2D eigenvalue weighted by molar-refractivity contribution is -0.130. The number of anilines is 1. The molecule has 40 heavy (non-hydrogen) atoms. The van der Waals surface area contributed by atoms with Crippen LogP contribution in [-0.2, 0) is 9.53 Å². The van der Waals surface area contributed by atoms with E-state index in [1.54, 1.807) is 16.7 Å². The molecule has 3 fully saturated rings. The van der Waals surface area contributed by atoms with Gasteiger partial charge in [-0.2, -0.15) is 0 Å². The molecule has 3 aliphatic rings. The highest BCUT2D eigenvalue weighted by atomic mass is 35.5. The van der Waals surface area contributed by atoms with Crippen molar-refractivity contribution in [3.63, 3.8) is 0 Å². The maximum atomic E-state index is 13.4. The maximum absolute atomic E-state index is 13.4. The molecule has 3 aliphatic heterocycles. The Morgan fingerprint density at radius 3 is 2.25 bits per heavy atom. The van der Waals surface area contributed by atoms with Crippen molar-refractivity contribution in [2.45, 2.75) is 39.2 Å². The molecule has 2 atom stereocenters. The van der Waals surface area contributed by atoms with Crippen molar-refractivity contribution >= 4 is 35.2 Å². The Bertz CT molecular complexity index is 1200. The van der Waals surface area contributed by atoms with Gasteiger partial charge in [-0.1, -0.05) is 35.9 Å². The monoisotopic (exact) mass is 566 g/mol. The fraction of sp³-hybridized carbons (Fsp3) is 0.516. The van der Waals surface area contributed by atoms with E-state index in [1.165, 1.54) is 0 Å². The zero-order valence-corrected chi connectivity index (χ0v) is 24.2. The number of aryl methyl sites for hydroxylation is 1. The van der Waals surface area contributed by atoms with Gasteiger partial charge < -0.3 is 19.4 Å². The first-order valence-electron chi connectivity index (χ1n) is 14.3. The van der Waals surface area contributed by atoms with Gasteiger partial charge in [0.1, 0.15) is 6.10 Å². The van der Waals surface area contributed by atoms with Crippen LogP contribution in [0, 0.1) is 18.8 Å². The number of piperidine rings is 1. The number of carbonyl (C=O) groups is 3. The Hall–Kier alpha value is -3.10. The number of hydrogen-bond acceptors (Lipinski definition) is 5. The highest BCUT2D eigenvalue weighted by molar-refractivity contribution is 6.31. The molecule has 3 saturated heterocycles. The van der Waals surface area contributed by atoms with Gasteiger partial charge in [-0.3, -0.25) is 14.5 Å². The van der Waals surface area contributed by atoms with E-state index in [9.17, 15) is 14.4 Å². The van der Waals surface area contributed by atoms with Crippen LogP contribution >= 0.6 is 11.6 Å². The average Bonchev–Trinajstić information content (AvgIpc) is 3.52. The largest absolute Gasteiger partial charge is 0.446 e. The predicted molar refractivity (Wildman–Crippen MR) is 156 cm³/mol. The first-order valence-corrected chi connectivity index (χ1v) is 14.7. The Kier molecular flexibility index (Phi) is 8.96. The summed E-state index contributed by atoms with van der Waals surface area (Å²) >= 11 is 6.41. The summed E-state index contributed by atoms with van der Waals surface area (Å²) in [5.41, 5.74) is 2.45. The van der Waals surface area contributed by atoms with Gasteiger partial charge in [-0.15, -0.1) is 0 Å². The Balaban J connectivity index is 1.14. The predicted octanol–water partition coefficient (Wildman–Crippen LogP) is 4.70. The second-order valence-corrected chi connectivity index (χ2v) is 11.8. The molecule has 0 aliphatic carbocycles. The second kappa shape index (κ2) is 12.6. The first-order chi connectivity index (χ1) is 19.3. The molecular formula is C31H39ClN4O4. The number of likely N-dealkylation sites (tertiary alicyclic amines) is 3. The third-order valence-corrected chi connectivity index (χ3v) is 8.98. The van der Waals surface area contributed by atoms with Crippen LogP contribution in [0.2, 0.25) is 5.02 Å². The summed E-state index contributed by atoms with van der Waals surface area (Å²) in [5.74, 6) is 1.16. The minimum absolute atomic E-state index is 0.0576. The number of benzene rings is 2. The van der Waals surface area contributed by atoms with Gasteiger partial charge >= 0.3 is 6.09 Å². The molecule has 214 valence electrons. The lowest BCUT2D eigenvalue weighted by Crippen LogP contribution is -2.43. The van der Waals surface area contributed by atoms with Crippen molar-refractivity contribution in [2.24, 2.45) is 11.8 Å². The van der Waals surface area contributed by atoms with Gasteiger partial charge in [0.2, 0.25) is 5.91 Å². The zero-order valence-electron chi connectivity index (χ0n) is 23.4. The van der Waals surface area contributed by atoms with Gasteiger partial charge in [0.15, 0.2) is 0 Å². The molecule has 0 aromatic heterocycles. The Morgan fingerprint density at radius 1 is 0.950 bits per heavy atom. The summed E-state index contributed by atoms with van der Waals surface area (Å²) < 4.78 is 5.91. The smallest absolute Gasteiger partial charge is 0.414 e. The van der Waals surface area contributed by atoms with Crippen LogP contribution in [0.3, 0.4) is 0 Å². The minimum atomic E-state index is -0.366. The van der Waals surface area contributed by atoms with E-state index in [4.69, 9.17) is 16.3 Å². The van der Waals surface area contributed by atoms with Gasteiger partial charge in [0, 0.05) is 81.9 Å². The molecule has 3 heterocycles. The molecule has 0 N–H and O–H groups in total. The molecule has 3 amide bonds. The van der Waals surface area contributed by atoms with Gasteiger partial charge in [-0.05, 0) is 61.6 Å². The average molecular weight is 567 g/mol. The lowest BCUT2D eigenvalue weighted by Gasteiger charge is -2.32. The minimum Gasteiger partial charge on any atom is -0.446 e. The summed E-state index contributed by atoms with van der Waals surface area (Å²) in [7, 11) is 0. The first kappa shape index (κ1) is 28.4. The fourth-order valence-electron chi connectivity index (χ4n) is 6.22. The molecule has 2 aromatic rings. The number of hydrogen-bond donors (Lipinski definition) is 0. The van der Waals surface area contributed by atoms with Crippen LogP contribution < -0.4 is 4.90 Å². The normalized spacial score (nSPS) is 21.4. The van der Waals surface area contributed by atoms with Crippen molar-refractivity contribution in [2.75, 3.05) is 57.3 Å². The van der Waals surface area contributed by atoms with E-state index in [2.05, 4.69) is 4.90 Å². The molecule has 2 aromatic carbocycles. The van der Waals surface area contributed by atoms with E-state index in [1.807, 2.05) is 60.4 Å². The number of fused-ring (bicyclic) bond motifs is 1. The SMILES string of the molecule is CC(=O)N1CCC(OC(=O)N(CCCN2CC3CN(C(=O)c4ccccc4)CC3C2)c2ccc(C)c(Cl)c2)CC1. The summed E-state index contributed by atoms with van der Waals surface area (Å²) in [6, 6.07) is 15.2. The van der Waals surface area contributed by atoms with Crippen LogP contribution in [0.15, 0.2) is 48.5 Å². The summed E-state index contributed by atoms with van der Waals surface area (Å²) in [4.78, 5) is 45.8. The fourth-order valence-corrected chi connectivity index (χ4v) is 6.40. The van der Waals surface area contributed by atoms with Gasteiger partial charge in [0.05, 0.1) is 0 Å². The van der Waals surface area contributed by atoms with E-state index >= 15 is 0 Å². The van der Waals surface area contributed by atoms with Crippen molar-refractivity contribution in [1.82, 2.24) is 14.7 Å². The van der Waals surface area contributed by atoms with Crippen molar-refractivity contribution in [3.05, 3.63) is 64.7 Å². The Morgan fingerprint density at radius 2 is 1.62 bits per heavy atom. The number of nitrogens with zero attached hydrogens (tertiary/aromatic N) is 4. The van der Waals surface area contributed by atoms with Crippen LogP contribution in [0.1, 0.15) is 42.1 Å². The van der Waals surface area contributed by atoms with Crippen LogP contribution in [0.25, 0.3) is 0 Å². The van der Waals surface area contributed by atoms with Crippen molar-refractivity contribution in [3.8, 4) is 0 Å². The third kappa shape index (κ3) is 6.61. The lowest BCUT2D eigenvalue weighted by atomic mass is 10.0. The van der Waals surface area contributed by atoms with Crippen LogP contribution in [-0.4, -0.2) is 91.1 Å². The number of rotatable bonds is 7. The molecule has 0 radical (unpaired) electrons. The number of amides is 3.